The maximum atomic E-state index is 11.2. The van der Waals surface area contributed by atoms with E-state index in [-0.39, 0.29) is 11.8 Å². The van der Waals surface area contributed by atoms with Crippen LogP contribution in [0.4, 0.5) is 0 Å². The number of aliphatic carboxylic acids is 1. The summed E-state index contributed by atoms with van der Waals surface area (Å²) < 4.78 is 5.56. The van der Waals surface area contributed by atoms with Gasteiger partial charge in [0.05, 0.1) is 12.5 Å². The number of benzene rings is 1. The first-order chi connectivity index (χ1) is 8.58. The quantitative estimate of drug-likeness (QED) is 0.891. The van der Waals surface area contributed by atoms with Crippen molar-refractivity contribution in [1.82, 2.24) is 0 Å². The summed E-state index contributed by atoms with van der Waals surface area (Å²) in [5, 5.41) is 9.22. The van der Waals surface area contributed by atoms with Crippen LogP contribution >= 0.6 is 0 Å². The van der Waals surface area contributed by atoms with Gasteiger partial charge in [-0.25, -0.2) is 0 Å². The summed E-state index contributed by atoms with van der Waals surface area (Å²) in [5.74, 6) is 0.0859. The minimum absolute atomic E-state index is 0.148. The van der Waals surface area contributed by atoms with Gasteiger partial charge in [-0.3, -0.25) is 4.79 Å². The van der Waals surface area contributed by atoms with Gasteiger partial charge in [0.25, 0.3) is 0 Å². The van der Waals surface area contributed by atoms with E-state index in [1.165, 1.54) is 5.56 Å². The molecule has 0 aromatic heterocycles. The van der Waals surface area contributed by atoms with Crippen LogP contribution in [0.15, 0.2) is 18.2 Å². The molecule has 0 aliphatic carbocycles. The first kappa shape index (κ1) is 12.9. The second-order valence-corrected chi connectivity index (χ2v) is 5.29. The fraction of sp³-hybridized carbons (Fsp3) is 0.533. The summed E-state index contributed by atoms with van der Waals surface area (Å²) in [5.41, 5.74) is 2.31. The highest BCUT2D eigenvalue weighted by molar-refractivity contribution is 5.70. The predicted molar refractivity (Wildman–Crippen MR) is 69.9 cm³/mol. The second-order valence-electron chi connectivity index (χ2n) is 5.29. The molecule has 2 rings (SSSR count). The molecule has 0 fully saturated rings. The monoisotopic (exact) mass is 248 g/mol. The zero-order chi connectivity index (χ0) is 13.1. The summed E-state index contributed by atoms with van der Waals surface area (Å²) in [4.78, 5) is 11.2. The summed E-state index contributed by atoms with van der Waals surface area (Å²) in [7, 11) is 0. The van der Waals surface area contributed by atoms with Gasteiger partial charge in [0.2, 0.25) is 0 Å². The van der Waals surface area contributed by atoms with Crippen molar-refractivity contribution in [1.29, 1.82) is 0 Å². The first-order valence-electron chi connectivity index (χ1n) is 6.55. The molecule has 1 atom stereocenters. The van der Waals surface area contributed by atoms with Gasteiger partial charge in [-0.2, -0.15) is 0 Å². The van der Waals surface area contributed by atoms with E-state index in [4.69, 9.17) is 4.74 Å². The Morgan fingerprint density at radius 1 is 1.44 bits per heavy atom. The number of rotatable bonds is 4. The smallest absolute Gasteiger partial charge is 0.307 e. The molecule has 1 unspecified atom stereocenters. The van der Waals surface area contributed by atoms with Crippen molar-refractivity contribution in [3.63, 3.8) is 0 Å². The number of carboxylic acids is 1. The number of ether oxygens (including phenoxy) is 1. The van der Waals surface area contributed by atoms with Crippen molar-refractivity contribution >= 4 is 5.97 Å². The van der Waals surface area contributed by atoms with Gasteiger partial charge in [-0.15, -0.1) is 0 Å². The Kier molecular flexibility index (Phi) is 3.90. The third-order valence-corrected chi connectivity index (χ3v) is 3.55. The Hall–Kier alpha value is -1.51. The number of aryl methyl sites for hydroxylation is 1. The van der Waals surface area contributed by atoms with E-state index in [2.05, 4.69) is 6.07 Å². The molecule has 1 N–H and O–H groups in total. The van der Waals surface area contributed by atoms with Crippen LogP contribution in [-0.2, 0) is 17.6 Å². The minimum Gasteiger partial charge on any atom is -0.493 e. The predicted octanol–water partition coefficient (Wildman–Crippen LogP) is 2.91. The van der Waals surface area contributed by atoms with Gasteiger partial charge in [0.15, 0.2) is 0 Å². The number of carboxylic acid groups (broad SMARTS) is 1. The molecule has 0 radical (unpaired) electrons. The zero-order valence-electron chi connectivity index (χ0n) is 11.0. The van der Waals surface area contributed by atoms with Crippen LogP contribution in [0, 0.1) is 11.8 Å². The van der Waals surface area contributed by atoms with Crippen LogP contribution in [0.3, 0.4) is 0 Å². The highest BCUT2D eigenvalue weighted by Crippen LogP contribution is 2.27. The average Bonchev–Trinajstić information content (AvgIpc) is 2.35. The second kappa shape index (κ2) is 5.42. The molecular formula is C15H20O3. The molecule has 1 heterocycles. The largest absolute Gasteiger partial charge is 0.493 e. The molecule has 1 aromatic rings. The van der Waals surface area contributed by atoms with Crippen molar-refractivity contribution in [3.8, 4) is 5.75 Å². The SMILES string of the molecule is CC(C)C(Cc1ccc2c(c1)CCCO2)C(=O)O. The van der Waals surface area contributed by atoms with E-state index in [1.807, 2.05) is 26.0 Å². The van der Waals surface area contributed by atoms with Gasteiger partial charge in [0, 0.05) is 0 Å². The molecular weight excluding hydrogens is 228 g/mol. The van der Waals surface area contributed by atoms with Crippen molar-refractivity contribution in [2.45, 2.75) is 33.1 Å². The maximum absolute atomic E-state index is 11.2. The molecule has 1 aliphatic heterocycles. The molecule has 0 spiro atoms. The molecule has 98 valence electrons. The summed E-state index contributed by atoms with van der Waals surface area (Å²) in [6.45, 7) is 4.71. The highest BCUT2D eigenvalue weighted by Gasteiger charge is 2.22. The lowest BCUT2D eigenvalue weighted by atomic mass is 9.88. The fourth-order valence-corrected chi connectivity index (χ4v) is 2.40. The summed E-state index contributed by atoms with van der Waals surface area (Å²) in [6.07, 6.45) is 2.67. The van der Waals surface area contributed by atoms with E-state index in [0.29, 0.717) is 6.42 Å². The average molecular weight is 248 g/mol. The molecule has 1 aliphatic rings. The van der Waals surface area contributed by atoms with E-state index in [1.54, 1.807) is 0 Å². The van der Waals surface area contributed by atoms with Crippen LogP contribution in [0.2, 0.25) is 0 Å². The van der Waals surface area contributed by atoms with E-state index in [9.17, 15) is 9.90 Å². The summed E-state index contributed by atoms with van der Waals surface area (Å²) in [6, 6.07) is 6.07. The molecule has 0 amide bonds. The highest BCUT2D eigenvalue weighted by atomic mass is 16.5. The Morgan fingerprint density at radius 3 is 2.89 bits per heavy atom. The Morgan fingerprint density at radius 2 is 2.22 bits per heavy atom. The third kappa shape index (κ3) is 2.84. The number of carbonyl (C=O) groups is 1. The van der Waals surface area contributed by atoms with Crippen molar-refractivity contribution < 1.29 is 14.6 Å². The standard InChI is InChI=1S/C15H20O3/c1-10(2)13(15(16)17)9-11-5-6-14-12(8-11)4-3-7-18-14/h5-6,8,10,13H,3-4,7,9H2,1-2H3,(H,16,17). The van der Waals surface area contributed by atoms with Crippen LogP contribution in [0.25, 0.3) is 0 Å². The van der Waals surface area contributed by atoms with Gasteiger partial charge in [-0.05, 0) is 42.4 Å². The van der Waals surface area contributed by atoms with Gasteiger partial charge < -0.3 is 9.84 Å². The van der Waals surface area contributed by atoms with Crippen molar-refractivity contribution in [3.05, 3.63) is 29.3 Å². The molecule has 0 saturated carbocycles. The third-order valence-electron chi connectivity index (χ3n) is 3.55. The fourth-order valence-electron chi connectivity index (χ4n) is 2.40. The lowest BCUT2D eigenvalue weighted by Crippen LogP contribution is -2.22. The molecule has 18 heavy (non-hydrogen) atoms. The van der Waals surface area contributed by atoms with Crippen molar-refractivity contribution in [2.24, 2.45) is 11.8 Å². The van der Waals surface area contributed by atoms with E-state index in [0.717, 1.165) is 30.8 Å². The molecule has 3 nitrogen and oxygen atoms in total. The van der Waals surface area contributed by atoms with E-state index >= 15 is 0 Å². The zero-order valence-corrected chi connectivity index (χ0v) is 11.0. The number of fused-ring (bicyclic) bond motifs is 1. The van der Waals surface area contributed by atoms with Crippen LogP contribution in [-0.4, -0.2) is 17.7 Å². The Labute approximate surface area is 108 Å². The van der Waals surface area contributed by atoms with E-state index < -0.39 is 5.97 Å². The molecule has 1 aromatic carbocycles. The minimum atomic E-state index is -0.709. The maximum Gasteiger partial charge on any atom is 0.307 e. The first-order valence-corrected chi connectivity index (χ1v) is 6.55. The van der Waals surface area contributed by atoms with Gasteiger partial charge in [0.1, 0.15) is 5.75 Å². The lowest BCUT2D eigenvalue weighted by molar-refractivity contribution is -0.143. The van der Waals surface area contributed by atoms with Crippen molar-refractivity contribution in [2.75, 3.05) is 6.61 Å². The molecule has 0 saturated heterocycles. The van der Waals surface area contributed by atoms with Gasteiger partial charge in [-0.1, -0.05) is 26.0 Å². The lowest BCUT2D eigenvalue weighted by Gasteiger charge is -2.20. The van der Waals surface area contributed by atoms with Crippen LogP contribution in [0.5, 0.6) is 5.75 Å². The van der Waals surface area contributed by atoms with Crippen LogP contribution in [0.1, 0.15) is 31.4 Å². The Bertz CT molecular complexity index is 437. The van der Waals surface area contributed by atoms with Gasteiger partial charge >= 0.3 is 5.97 Å². The summed E-state index contributed by atoms with van der Waals surface area (Å²) >= 11 is 0. The topological polar surface area (TPSA) is 46.5 Å². The van der Waals surface area contributed by atoms with Crippen LogP contribution < -0.4 is 4.74 Å². The number of hydrogen-bond acceptors (Lipinski definition) is 2. The molecule has 0 bridgehead atoms. The Balaban J connectivity index is 2.16. The normalized spacial score (nSPS) is 15.9. The number of hydrogen-bond donors (Lipinski definition) is 1. The molecule has 3 heteroatoms.